The van der Waals surface area contributed by atoms with Crippen LogP contribution >= 0.6 is 11.8 Å². The third kappa shape index (κ3) is 22.1. The number of nitrogens with one attached hydrogen (secondary N) is 3. The molecule has 0 saturated heterocycles. The van der Waals surface area contributed by atoms with Crippen LogP contribution < -0.4 is 38.9 Å². The maximum atomic E-state index is 14.0. The summed E-state index contributed by atoms with van der Waals surface area (Å²) in [6, 6.07) is -3.68. The molecule has 13 N–H and O–H groups in total. The summed E-state index contributed by atoms with van der Waals surface area (Å²) in [6.45, 7) is 11.8. The van der Waals surface area contributed by atoms with Gasteiger partial charge in [0.2, 0.25) is 17.7 Å². The lowest BCUT2D eigenvalue weighted by Crippen LogP contribution is -2.50. The molecule has 8 atom stereocenters. The number of rotatable bonds is 32. The molecule has 0 aliphatic carbocycles. The van der Waals surface area contributed by atoms with Gasteiger partial charge in [0.1, 0.15) is 5.78 Å². The smallest absolute Gasteiger partial charge is 0.305 e. The van der Waals surface area contributed by atoms with E-state index in [1.54, 1.807) is 40.9 Å². The van der Waals surface area contributed by atoms with Gasteiger partial charge in [0.25, 0.3) is 0 Å². The maximum absolute atomic E-state index is 14.0. The van der Waals surface area contributed by atoms with E-state index in [0.29, 0.717) is 25.1 Å². The normalized spacial score (nSPS) is 15.2. The molecule has 3 amide bonds. The minimum Gasteiger partial charge on any atom is -0.481 e. The second kappa shape index (κ2) is 28.8. The molecule has 60 heavy (non-hydrogen) atoms. The lowest BCUT2D eigenvalue weighted by molar-refractivity contribution is -0.141. The van der Waals surface area contributed by atoms with Gasteiger partial charge in [-0.15, -0.1) is 0 Å². The average Bonchev–Trinajstić information content (AvgIpc) is 3.14. The van der Waals surface area contributed by atoms with E-state index in [0.717, 1.165) is 0 Å². The predicted octanol–water partition coefficient (Wildman–Crippen LogP) is 0.420. The Labute approximate surface area is 358 Å². The zero-order valence-corrected chi connectivity index (χ0v) is 37.3. The number of nitrogens with zero attached hydrogens (tertiary/aromatic N) is 2. The number of carboxylic acid groups (broad SMARTS) is 1. The largest absolute Gasteiger partial charge is 0.481 e. The highest BCUT2D eigenvalue weighted by Gasteiger charge is 2.36. The first-order valence-electron chi connectivity index (χ1n) is 20.4. The van der Waals surface area contributed by atoms with Gasteiger partial charge in [-0.1, -0.05) is 34.6 Å². The van der Waals surface area contributed by atoms with Crippen LogP contribution in [-0.2, 0) is 38.4 Å². The van der Waals surface area contributed by atoms with Crippen molar-refractivity contribution in [1.82, 2.24) is 16.0 Å². The van der Waals surface area contributed by atoms with Gasteiger partial charge in [0.15, 0.2) is 29.3 Å². The Bertz CT molecular complexity index is 1510. The molecule has 0 heterocycles. The van der Waals surface area contributed by atoms with E-state index in [1.165, 1.54) is 25.6 Å². The summed E-state index contributed by atoms with van der Waals surface area (Å²) >= 11 is 1.39. The molecule has 20 heteroatoms. The Kier molecular flexibility index (Phi) is 26.6. The van der Waals surface area contributed by atoms with E-state index >= 15 is 0 Å². The number of carboxylic acids is 1. The summed E-state index contributed by atoms with van der Waals surface area (Å²) in [5.74, 6) is -9.22. The molecule has 0 aliphatic heterocycles. The molecule has 0 rings (SSSR count). The molecule has 0 aromatic carbocycles. The van der Waals surface area contributed by atoms with E-state index in [1.807, 2.05) is 0 Å². The highest BCUT2D eigenvalue weighted by Crippen LogP contribution is 2.22. The fourth-order valence-corrected chi connectivity index (χ4v) is 6.98. The summed E-state index contributed by atoms with van der Waals surface area (Å²) in [5, 5.41) is 28.2. The van der Waals surface area contributed by atoms with Crippen LogP contribution in [0.5, 0.6) is 0 Å². The number of aliphatic imine (C=N–C) groups is 2. The Morgan fingerprint density at radius 2 is 1.13 bits per heavy atom. The number of amides is 3. The number of guanidine groups is 2. The number of hydrogen-bond acceptors (Lipinski definition) is 12. The molecule has 0 fully saturated rings. The number of nitrogens with two attached hydrogens (primary N) is 4. The zero-order valence-electron chi connectivity index (χ0n) is 36.5. The van der Waals surface area contributed by atoms with Gasteiger partial charge in [-0.2, -0.15) is 11.8 Å². The number of Topliss-reactive ketones (excluding diaryl/α,β-unsaturated/α-hetero) is 4. The standard InChI is InChI=1S/C40H71N9O10S/c1-21(2)27(24(6)50)18-32(53)30(20-34(55)56)48-37(58)26(13-16-60-8)17-31(52)29(12-10-15-46-40(43)44)47-38(59)28(25(7)51)19-33(54)35(22(3)4)49-36(57)23(5)11-9-14-45-39(41)42/h21-23,25-30,35,51H,9-20H2,1-8H3,(H,47,59)(H,48,58)(H,49,57)(H,55,56)(H4,41,42,45)(H4,43,44,46). The van der Waals surface area contributed by atoms with Crippen molar-refractivity contribution in [3.8, 4) is 0 Å². The molecule has 0 saturated carbocycles. The van der Waals surface area contributed by atoms with Crippen molar-refractivity contribution in [2.24, 2.45) is 68.4 Å². The Balaban J connectivity index is 6.36. The van der Waals surface area contributed by atoms with Crippen molar-refractivity contribution in [1.29, 1.82) is 0 Å². The summed E-state index contributed by atoms with van der Waals surface area (Å²) in [4.78, 5) is 113. The van der Waals surface area contributed by atoms with E-state index in [2.05, 4.69) is 25.9 Å². The first-order valence-corrected chi connectivity index (χ1v) is 21.8. The van der Waals surface area contributed by atoms with Crippen molar-refractivity contribution >= 4 is 70.5 Å². The summed E-state index contributed by atoms with van der Waals surface area (Å²) in [7, 11) is 0. The van der Waals surface area contributed by atoms with Gasteiger partial charge >= 0.3 is 5.97 Å². The highest BCUT2D eigenvalue weighted by molar-refractivity contribution is 7.98. The number of ketones is 4. The van der Waals surface area contributed by atoms with E-state index in [4.69, 9.17) is 22.9 Å². The second-order valence-electron chi connectivity index (χ2n) is 16.0. The fraction of sp³-hybridized carbons (Fsp3) is 0.750. The monoisotopic (exact) mass is 870 g/mol. The van der Waals surface area contributed by atoms with E-state index in [-0.39, 0.29) is 67.7 Å². The minimum atomic E-state index is -1.46. The molecular formula is C40H71N9O10S. The molecule has 0 aliphatic rings. The average molecular weight is 870 g/mol. The third-order valence-corrected chi connectivity index (χ3v) is 10.8. The molecule has 0 aromatic rings. The molecule has 0 aromatic heterocycles. The van der Waals surface area contributed by atoms with E-state index in [9.17, 15) is 48.6 Å². The number of aliphatic carboxylic acids is 1. The number of carbonyl (C=O) groups is 8. The minimum absolute atomic E-state index is 0.00616. The number of hydrogen-bond donors (Lipinski definition) is 9. The van der Waals surface area contributed by atoms with Gasteiger partial charge in [-0.25, -0.2) is 0 Å². The quantitative estimate of drug-likeness (QED) is 0.0251. The maximum Gasteiger partial charge on any atom is 0.305 e. The molecule has 0 bridgehead atoms. The van der Waals surface area contributed by atoms with Crippen LogP contribution in [0.1, 0.15) is 106 Å². The first-order chi connectivity index (χ1) is 27.9. The first kappa shape index (κ1) is 55.4. The van der Waals surface area contributed by atoms with Crippen molar-refractivity contribution in [2.45, 2.75) is 130 Å². The number of aliphatic hydroxyl groups excluding tert-OH is 1. The SMILES string of the molecule is CSCCC(CC(=O)C(CCCN=C(N)N)NC(=O)C(CC(=O)C(NC(=O)C(C)CCCN=C(N)N)C(C)C)C(C)O)C(=O)NC(CC(=O)O)C(=O)CC(C(C)=O)C(C)C. The zero-order chi connectivity index (χ0) is 46.3. The molecule has 0 spiro atoms. The summed E-state index contributed by atoms with van der Waals surface area (Å²) in [5.41, 5.74) is 21.6. The Morgan fingerprint density at radius 3 is 1.60 bits per heavy atom. The van der Waals surface area contributed by atoms with Gasteiger partial charge < -0.3 is 49.1 Å². The fourth-order valence-electron chi connectivity index (χ4n) is 6.46. The van der Waals surface area contributed by atoms with Crippen molar-refractivity contribution in [3.63, 3.8) is 0 Å². The molecule has 8 unspecified atom stereocenters. The molecular weight excluding hydrogens is 799 g/mol. The van der Waals surface area contributed by atoms with Crippen LogP contribution in [-0.4, -0.2) is 118 Å². The van der Waals surface area contributed by atoms with Crippen LogP contribution in [0.15, 0.2) is 9.98 Å². The van der Waals surface area contributed by atoms with Gasteiger partial charge in [-0.05, 0) is 69.8 Å². The number of aliphatic hydroxyl groups is 1. The summed E-state index contributed by atoms with van der Waals surface area (Å²) in [6.07, 6.45) is -0.122. The van der Waals surface area contributed by atoms with E-state index < -0.39 is 102 Å². The van der Waals surface area contributed by atoms with Crippen molar-refractivity contribution in [2.75, 3.05) is 25.1 Å². The Morgan fingerprint density at radius 1 is 0.617 bits per heavy atom. The van der Waals surface area contributed by atoms with Crippen LogP contribution in [0.2, 0.25) is 0 Å². The second-order valence-corrected chi connectivity index (χ2v) is 17.0. The predicted molar refractivity (Wildman–Crippen MR) is 231 cm³/mol. The summed E-state index contributed by atoms with van der Waals surface area (Å²) < 4.78 is 0. The van der Waals surface area contributed by atoms with Crippen LogP contribution in [0, 0.1) is 35.5 Å². The van der Waals surface area contributed by atoms with Crippen LogP contribution in [0.25, 0.3) is 0 Å². The van der Waals surface area contributed by atoms with Crippen molar-refractivity contribution in [3.05, 3.63) is 0 Å². The lowest BCUT2D eigenvalue weighted by atomic mass is 9.85. The van der Waals surface area contributed by atoms with Crippen LogP contribution in [0.3, 0.4) is 0 Å². The van der Waals surface area contributed by atoms with Gasteiger partial charge in [0.05, 0.1) is 36.6 Å². The number of thioether (sulfide) groups is 1. The van der Waals surface area contributed by atoms with Gasteiger partial charge in [0, 0.05) is 50.1 Å². The number of carbonyl (C=O) groups excluding carboxylic acids is 7. The topological polar surface area (TPSA) is 342 Å². The molecule has 342 valence electrons. The van der Waals surface area contributed by atoms with Crippen molar-refractivity contribution < 1.29 is 48.6 Å². The Hall–Kier alpha value is -4.59. The molecule has 19 nitrogen and oxygen atoms in total. The van der Waals surface area contributed by atoms with Gasteiger partial charge in [-0.3, -0.25) is 48.3 Å². The molecule has 0 radical (unpaired) electrons. The van der Waals surface area contributed by atoms with Crippen LogP contribution in [0.4, 0.5) is 0 Å². The third-order valence-electron chi connectivity index (χ3n) is 10.2. The highest BCUT2D eigenvalue weighted by atomic mass is 32.2. The lowest BCUT2D eigenvalue weighted by Gasteiger charge is -2.28.